The van der Waals surface area contributed by atoms with Crippen LogP contribution in [0.25, 0.3) is 0 Å². The van der Waals surface area contributed by atoms with Crippen LogP contribution in [0.15, 0.2) is 24.3 Å². The molecule has 2 unspecified atom stereocenters. The summed E-state index contributed by atoms with van der Waals surface area (Å²) >= 11 is 0. The summed E-state index contributed by atoms with van der Waals surface area (Å²) in [5.74, 6) is 0.960. The van der Waals surface area contributed by atoms with Gasteiger partial charge in [0.25, 0.3) is 0 Å². The molecule has 2 rings (SSSR count). The van der Waals surface area contributed by atoms with Gasteiger partial charge in [0.1, 0.15) is 5.75 Å². The highest BCUT2D eigenvalue weighted by Crippen LogP contribution is 2.23. The van der Waals surface area contributed by atoms with Crippen molar-refractivity contribution < 1.29 is 4.74 Å². The molecule has 1 heterocycles. The number of rotatable bonds is 4. The Hall–Kier alpha value is -1.06. The number of nitrogens with zero attached hydrogens (tertiary/aromatic N) is 1. The van der Waals surface area contributed by atoms with E-state index in [-0.39, 0.29) is 0 Å². The SMILES string of the molecule is CCOc1ccc(C(C)N2CCNC(C)C2)cc1. The molecule has 1 aromatic carbocycles. The van der Waals surface area contributed by atoms with E-state index in [9.17, 15) is 0 Å². The average molecular weight is 248 g/mol. The third-order valence-electron chi connectivity index (χ3n) is 3.62. The summed E-state index contributed by atoms with van der Waals surface area (Å²) in [6.45, 7) is 10.6. The summed E-state index contributed by atoms with van der Waals surface area (Å²) in [6.07, 6.45) is 0. The molecule has 1 aliphatic rings. The first-order chi connectivity index (χ1) is 8.70. The van der Waals surface area contributed by atoms with Crippen LogP contribution in [0.4, 0.5) is 0 Å². The van der Waals surface area contributed by atoms with Crippen LogP contribution in [0, 0.1) is 0 Å². The Morgan fingerprint density at radius 2 is 2.11 bits per heavy atom. The molecule has 0 aromatic heterocycles. The van der Waals surface area contributed by atoms with Gasteiger partial charge in [-0.25, -0.2) is 0 Å². The van der Waals surface area contributed by atoms with E-state index in [1.165, 1.54) is 5.56 Å². The van der Waals surface area contributed by atoms with Crippen molar-refractivity contribution >= 4 is 0 Å². The maximum atomic E-state index is 5.48. The van der Waals surface area contributed by atoms with Crippen molar-refractivity contribution in [2.45, 2.75) is 32.9 Å². The van der Waals surface area contributed by atoms with Gasteiger partial charge in [-0.05, 0) is 38.5 Å². The number of piperazine rings is 1. The lowest BCUT2D eigenvalue weighted by molar-refractivity contribution is 0.158. The smallest absolute Gasteiger partial charge is 0.119 e. The highest BCUT2D eigenvalue weighted by Gasteiger charge is 2.21. The Morgan fingerprint density at radius 1 is 1.39 bits per heavy atom. The maximum Gasteiger partial charge on any atom is 0.119 e. The molecule has 1 fully saturated rings. The topological polar surface area (TPSA) is 24.5 Å². The van der Waals surface area contributed by atoms with Crippen molar-refractivity contribution in [2.24, 2.45) is 0 Å². The summed E-state index contributed by atoms with van der Waals surface area (Å²) in [5, 5.41) is 3.48. The lowest BCUT2D eigenvalue weighted by atomic mass is 10.0. The minimum absolute atomic E-state index is 0.477. The highest BCUT2D eigenvalue weighted by atomic mass is 16.5. The lowest BCUT2D eigenvalue weighted by Crippen LogP contribution is -2.49. The summed E-state index contributed by atoms with van der Waals surface area (Å²) in [6, 6.07) is 9.57. The zero-order valence-corrected chi connectivity index (χ0v) is 11.6. The number of hydrogen-bond donors (Lipinski definition) is 1. The van der Waals surface area contributed by atoms with Crippen molar-refractivity contribution in [1.82, 2.24) is 10.2 Å². The molecule has 0 bridgehead atoms. The van der Waals surface area contributed by atoms with E-state index in [2.05, 4.69) is 48.3 Å². The highest BCUT2D eigenvalue weighted by molar-refractivity contribution is 5.29. The van der Waals surface area contributed by atoms with Gasteiger partial charge in [0.2, 0.25) is 0 Å². The quantitative estimate of drug-likeness (QED) is 0.885. The Balaban J connectivity index is 2.01. The summed E-state index contributed by atoms with van der Waals surface area (Å²) in [7, 11) is 0. The molecule has 1 aliphatic heterocycles. The van der Waals surface area contributed by atoms with Crippen molar-refractivity contribution in [3.63, 3.8) is 0 Å². The molecule has 100 valence electrons. The monoisotopic (exact) mass is 248 g/mol. The molecule has 0 amide bonds. The van der Waals surface area contributed by atoms with Gasteiger partial charge < -0.3 is 10.1 Å². The molecule has 3 nitrogen and oxygen atoms in total. The average Bonchev–Trinajstić information content (AvgIpc) is 2.39. The second-order valence-electron chi connectivity index (χ2n) is 5.03. The van der Waals surface area contributed by atoms with Crippen LogP contribution in [0.5, 0.6) is 5.75 Å². The standard InChI is InChI=1S/C15H24N2O/c1-4-18-15-7-5-14(6-8-15)13(3)17-10-9-16-12(2)11-17/h5-8,12-13,16H,4,9-11H2,1-3H3. The third-order valence-corrected chi connectivity index (χ3v) is 3.62. The fraction of sp³-hybridized carbons (Fsp3) is 0.600. The normalized spacial score (nSPS) is 22.7. The van der Waals surface area contributed by atoms with Gasteiger partial charge in [-0.15, -0.1) is 0 Å². The van der Waals surface area contributed by atoms with E-state index in [1.807, 2.05) is 6.92 Å². The van der Waals surface area contributed by atoms with E-state index in [4.69, 9.17) is 4.74 Å². The van der Waals surface area contributed by atoms with Crippen molar-refractivity contribution in [2.75, 3.05) is 26.2 Å². The summed E-state index contributed by atoms with van der Waals surface area (Å²) in [5.41, 5.74) is 1.37. The molecule has 0 saturated carbocycles. The number of hydrogen-bond acceptors (Lipinski definition) is 3. The largest absolute Gasteiger partial charge is 0.494 e. The Bertz CT molecular complexity index is 363. The number of ether oxygens (including phenoxy) is 1. The molecule has 3 heteroatoms. The maximum absolute atomic E-state index is 5.48. The first kappa shape index (κ1) is 13.4. The third kappa shape index (κ3) is 3.24. The second kappa shape index (κ2) is 6.21. The molecule has 0 aliphatic carbocycles. The fourth-order valence-electron chi connectivity index (χ4n) is 2.53. The second-order valence-corrected chi connectivity index (χ2v) is 5.03. The Kier molecular flexibility index (Phi) is 4.61. The molecule has 0 radical (unpaired) electrons. The molecule has 2 atom stereocenters. The van der Waals surface area contributed by atoms with E-state index in [0.29, 0.717) is 12.1 Å². The van der Waals surface area contributed by atoms with Gasteiger partial charge in [0.05, 0.1) is 6.61 Å². The number of nitrogens with one attached hydrogen (secondary N) is 1. The molecule has 1 aromatic rings. The van der Waals surface area contributed by atoms with Crippen molar-refractivity contribution in [1.29, 1.82) is 0 Å². The van der Waals surface area contributed by atoms with E-state index >= 15 is 0 Å². The van der Waals surface area contributed by atoms with E-state index in [0.717, 1.165) is 32.0 Å². The minimum atomic E-state index is 0.477. The zero-order chi connectivity index (χ0) is 13.0. The predicted molar refractivity (Wildman–Crippen MR) is 75.1 cm³/mol. The minimum Gasteiger partial charge on any atom is -0.494 e. The van der Waals surface area contributed by atoms with Crippen LogP contribution in [-0.2, 0) is 0 Å². The van der Waals surface area contributed by atoms with E-state index in [1.54, 1.807) is 0 Å². The molecule has 18 heavy (non-hydrogen) atoms. The first-order valence-corrected chi connectivity index (χ1v) is 6.91. The number of benzene rings is 1. The van der Waals surface area contributed by atoms with Crippen LogP contribution in [0.3, 0.4) is 0 Å². The van der Waals surface area contributed by atoms with Gasteiger partial charge in [-0.1, -0.05) is 12.1 Å². The van der Waals surface area contributed by atoms with Gasteiger partial charge in [-0.2, -0.15) is 0 Å². The zero-order valence-electron chi connectivity index (χ0n) is 11.6. The molecule has 1 N–H and O–H groups in total. The molecule has 0 spiro atoms. The molecular formula is C15H24N2O. The molecule has 1 saturated heterocycles. The van der Waals surface area contributed by atoms with Gasteiger partial charge in [-0.3, -0.25) is 4.90 Å². The van der Waals surface area contributed by atoms with Crippen LogP contribution in [0.1, 0.15) is 32.4 Å². The van der Waals surface area contributed by atoms with Crippen LogP contribution in [0.2, 0.25) is 0 Å². The molecular weight excluding hydrogens is 224 g/mol. The summed E-state index contributed by atoms with van der Waals surface area (Å²) < 4.78 is 5.48. The van der Waals surface area contributed by atoms with Crippen LogP contribution in [-0.4, -0.2) is 37.2 Å². The van der Waals surface area contributed by atoms with Crippen molar-refractivity contribution in [3.8, 4) is 5.75 Å². The Labute approximate surface area is 110 Å². The van der Waals surface area contributed by atoms with Crippen molar-refractivity contribution in [3.05, 3.63) is 29.8 Å². The predicted octanol–water partition coefficient (Wildman–Crippen LogP) is 2.44. The van der Waals surface area contributed by atoms with Crippen LogP contribution >= 0.6 is 0 Å². The first-order valence-electron chi connectivity index (χ1n) is 6.91. The van der Waals surface area contributed by atoms with Crippen LogP contribution < -0.4 is 10.1 Å². The van der Waals surface area contributed by atoms with E-state index < -0.39 is 0 Å². The Morgan fingerprint density at radius 3 is 2.72 bits per heavy atom. The fourth-order valence-corrected chi connectivity index (χ4v) is 2.53. The van der Waals surface area contributed by atoms with Gasteiger partial charge in [0.15, 0.2) is 0 Å². The summed E-state index contributed by atoms with van der Waals surface area (Å²) in [4.78, 5) is 2.54. The lowest BCUT2D eigenvalue weighted by Gasteiger charge is -2.36. The van der Waals surface area contributed by atoms with Gasteiger partial charge >= 0.3 is 0 Å². The van der Waals surface area contributed by atoms with Gasteiger partial charge in [0, 0.05) is 31.7 Å².